The Balaban J connectivity index is 1.24. The number of fused-ring (bicyclic) bond motifs is 4. The number of anilines is 3. The molecule has 0 heterocycles. The van der Waals surface area contributed by atoms with E-state index in [1.165, 1.54) is 49.7 Å². The highest BCUT2D eigenvalue weighted by Crippen LogP contribution is 2.59. The monoisotopic (exact) mass is 942 g/mol. The van der Waals surface area contributed by atoms with Crippen LogP contribution in [0.15, 0.2) is 263 Å². The van der Waals surface area contributed by atoms with Gasteiger partial charge in [-0.3, -0.25) is 0 Å². The van der Waals surface area contributed by atoms with E-state index in [1.807, 2.05) is 42.5 Å². The van der Waals surface area contributed by atoms with Crippen LogP contribution >= 0.6 is 0 Å². The van der Waals surface area contributed by atoms with Gasteiger partial charge in [0.1, 0.15) is 0 Å². The third-order valence-electron chi connectivity index (χ3n) is 13.9. The van der Waals surface area contributed by atoms with Gasteiger partial charge in [0.15, 0.2) is 0 Å². The zero-order valence-electron chi connectivity index (χ0n) is 42.0. The number of hydrogen-bond acceptors (Lipinski definition) is 2. The highest BCUT2D eigenvalue weighted by atomic mass is 15.1. The fourth-order valence-electron chi connectivity index (χ4n) is 10.4. The molecule has 9 rings (SSSR count). The van der Waals surface area contributed by atoms with Crippen LogP contribution in [-0.2, 0) is 5.41 Å². The summed E-state index contributed by atoms with van der Waals surface area (Å²) in [6.07, 6.45) is 42.5. The molecule has 7 aromatic rings. The van der Waals surface area contributed by atoms with Gasteiger partial charge in [-0.1, -0.05) is 234 Å². The molecule has 0 aromatic heterocycles. The van der Waals surface area contributed by atoms with Crippen LogP contribution in [0.2, 0.25) is 0 Å². The fourth-order valence-corrected chi connectivity index (χ4v) is 10.4. The first kappa shape index (κ1) is 49.0. The van der Waals surface area contributed by atoms with Gasteiger partial charge < -0.3 is 9.80 Å². The summed E-state index contributed by atoms with van der Waals surface area (Å²) in [6.45, 7) is 24.5. The fraction of sp³-hybridized carbons (Fsp3) is 0.0704. The summed E-state index contributed by atoms with van der Waals surface area (Å²) in [5.41, 5.74) is 13.2. The van der Waals surface area contributed by atoms with E-state index in [0.29, 0.717) is 5.92 Å². The molecular formula is C71H62N2. The molecule has 2 atom stereocenters. The Labute approximate surface area is 432 Å². The zero-order chi connectivity index (χ0) is 50.7. The molecule has 2 aliphatic carbocycles. The summed E-state index contributed by atoms with van der Waals surface area (Å²) in [5, 5.41) is 6.80. The molecule has 73 heavy (non-hydrogen) atoms. The second-order valence-electron chi connectivity index (χ2n) is 18.5. The third kappa shape index (κ3) is 9.89. The van der Waals surface area contributed by atoms with Crippen LogP contribution in [0.3, 0.4) is 0 Å². The number of hydrogen-bond donors (Lipinski definition) is 0. The summed E-state index contributed by atoms with van der Waals surface area (Å²) < 4.78 is 0. The number of nitrogens with zero attached hydrogens (tertiary/aromatic N) is 2. The lowest BCUT2D eigenvalue weighted by Gasteiger charge is -2.37. The molecule has 0 N–H and O–H groups in total. The molecule has 0 spiro atoms. The summed E-state index contributed by atoms with van der Waals surface area (Å²) in [5.74, 6) is 0.436. The Hall–Kier alpha value is -8.98. The van der Waals surface area contributed by atoms with Gasteiger partial charge in [0.25, 0.3) is 0 Å². The van der Waals surface area contributed by atoms with Crippen molar-refractivity contribution in [3.05, 3.63) is 318 Å². The average molecular weight is 943 g/mol. The number of benzene rings is 7. The molecule has 356 valence electrons. The van der Waals surface area contributed by atoms with E-state index in [1.54, 1.807) is 12.2 Å². The smallest absolute Gasteiger partial charge is 0.0711 e. The first-order valence-electron chi connectivity index (χ1n) is 25.0. The van der Waals surface area contributed by atoms with E-state index in [4.69, 9.17) is 0 Å². The molecule has 2 aliphatic rings. The van der Waals surface area contributed by atoms with Crippen molar-refractivity contribution in [2.75, 3.05) is 9.80 Å². The molecular weight excluding hydrogens is 881 g/mol. The molecule has 0 amide bonds. The predicted octanol–water partition coefficient (Wildman–Crippen LogP) is 15.4. The maximum absolute atomic E-state index is 4.17. The summed E-state index contributed by atoms with van der Waals surface area (Å²) in [4.78, 5) is 4.51. The summed E-state index contributed by atoms with van der Waals surface area (Å²) in [6, 6.07) is 51.0. The van der Waals surface area contributed by atoms with Crippen LogP contribution in [0.1, 0.15) is 46.7 Å². The van der Waals surface area contributed by atoms with Gasteiger partial charge in [0.2, 0.25) is 0 Å². The highest BCUT2D eigenvalue weighted by Gasteiger charge is 2.47. The van der Waals surface area contributed by atoms with Gasteiger partial charge >= 0.3 is 0 Å². The van der Waals surface area contributed by atoms with E-state index >= 15 is 0 Å². The van der Waals surface area contributed by atoms with E-state index in [-0.39, 0.29) is 0 Å². The zero-order valence-corrected chi connectivity index (χ0v) is 42.0. The largest absolute Gasteiger partial charge is 0.324 e. The van der Waals surface area contributed by atoms with Crippen molar-refractivity contribution in [3.63, 3.8) is 0 Å². The highest BCUT2D eigenvalue weighted by molar-refractivity contribution is 5.91. The van der Waals surface area contributed by atoms with Crippen molar-refractivity contribution >= 4 is 64.3 Å². The van der Waals surface area contributed by atoms with Crippen LogP contribution in [0, 0.1) is 12.8 Å². The van der Waals surface area contributed by atoms with Crippen LogP contribution in [0.4, 0.5) is 17.1 Å². The van der Waals surface area contributed by atoms with Gasteiger partial charge in [-0.2, -0.15) is 0 Å². The van der Waals surface area contributed by atoms with E-state index in [2.05, 4.69) is 263 Å². The molecule has 2 nitrogen and oxygen atoms in total. The van der Waals surface area contributed by atoms with Gasteiger partial charge in [-0.25, -0.2) is 0 Å². The number of aryl methyl sites for hydroxylation is 1. The van der Waals surface area contributed by atoms with Crippen LogP contribution in [0.25, 0.3) is 58.4 Å². The second kappa shape index (κ2) is 22.4. The van der Waals surface area contributed by atoms with Crippen LogP contribution in [0.5, 0.6) is 0 Å². The van der Waals surface area contributed by atoms with Crippen molar-refractivity contribution in [1.82, 2.24) is 0 Å². The van der Waals surface area contributed by atoms with Gasteiger partial charge in [-0.15, -0.1) is 0 Å². The number of para-hydroxylation sites is 1. The molecule has 0 bridgehead atoms. The van der Waals surface area contributed by atoms with Crippen LogP contribution < -0.4 is 30.7 Å². The van der Waals surface area contributed by atoms with Crippen molar-refractivity contribution in [2.45, 2.75) is 25.7 Å². The maximum atomic E-state index is 4.17. The molecule has 0 saturated carbocycles. The number of rotatable bonds is 16. The Morgan fingerprint density at radius 1 is 0.507 bits per heavy atom. The Kier molecular flexibility index (Phi) is 15.0. The topological polar surface area (TPSA) is 6.48 Å². The standard InChI is InChI=1S/C71H62N2/c1-8-13-14-20-47-72(48-21-25-56-37-35-54(23-9-2)63(11-4)64(56)12-5)61-43-45-67-68-46-44-62(51-70(68)71(69(67)50-61,58-39-31-52(6)32-40-58)59-41-33-53(7)34-42-59)73(60-27-16-15-17-28-60)49-22-26-57-38-36-55(24-10-3)65-29-18-19-30-66(57)65/h8-33,35-51,53H,1-5,34H2,6-7H3. The Morgan fingerprint density at radius 2 is 1.07 bits per heavy atom. The molecule has 0 radical (unpaired) electrons. The average Bonchev–Trinajstić information content (AvgIpc) is 3.71. The molecule has 0 aliphatic heterocycles. The normalized spacial score (nSPS) is 17.2. The molecule has 2 unspecified atom stereocenters. The lowest BCUT2D eigenvalue weighted by molar-refractivity contribution is 0.691. The van der Waals surface area contributed by atoms with E-state index < -0.39 is 5.41 Å². The first-order valence-corrected chi connectivity index (χ1v) is 25.0. The minimum Gasteiger partial charge on any atom is -0.324 e. The summed E-state index contributed by atoms with van der Waals surface area (Å²) >= 11 is 0. The van der Waals surface area contributed by atoms with E-state index in [9.17, 15) is 0 Å². The van der Waals surface area contributed by atoms with Gasteiger partial charge in [-0.05, 0) is 150 Å². The minimum atomic E-state index is -0.638. The Bertz CT molecular complexity index is 3720. The second-order valence-corrected chi connectivity index (χ2v) is 18.5. The van der Waals surface area contributed by atoms with Crippen molar-refractivity contribution in [1.29, 1.82) is 0 Å². The lowest BCUT2D eigenvalue weighted by atomic mass is 9.65. The SMILES string of the molecule is C=CC=CC=CN(C=CC=c1ccc(=CC=C)c(C=C)c1C=C)c1ccc2c(c1)C(C1=CCC(C)C=C1)(c1ccc(C)cc1)c1cc(N(C=CC=c3ccc(=CC=C)c4ccccc34)c3ccccc3)ccc1-2. The molecule has 7 aromatic carbocycles. The van der Waals surface area contributed by atoms with Crippen molar-refractivity contribution in [2.24, 2.45) is 5.92 Å². The van der Waals surface area contributed by atoms with Crippen molar-refractivity contribution < 1.29 is 0 Å². The van der Waals surface area contributed by atoms with E-state index in [0.717, 1.165) is 55.5 Å². The molecule has 0 saturated heterocycles. The van der Waals surface area contributed by atoms with Gasteiger partial charge in [0.05, 0.1) is 5.41 Å². The summed E-state index contributed by atoms with van der Waals surface area (Å²) in [7, 11) is 0. The number of allylic oxidation sites excluding steroid dienone is 12. The van der Waals surface area contributed by atoms with Gasteiger partial charge in [0, 0.05) is 35.7 Å². The lowest BCUT2D eigenvalue weighted by Crippen LogP contribution is -2.30. The van der Waals surface area contributed by atoms with Crippen LogP contribution in [-0.4, -0.2) is 0 Å². The first-order chi connectivity index (χ1) is 35.8. The minimum absolute atomic E-state index is 0.436. The molecule has 2 heteroatoms. The maximum Gasteiger partial charge on any atom is 0.0711 e. The molecule has 0 fully saturated rings. The quantitative estimate of drug-likeness (QED) is 0.0891. The van der Waals surface area contributed by atoms with Crippen molar-refractivity contribution in [3.8, 4) is 11.1 Å². The predicted molar refractivity (Wildman–Crippen MR) is 319 cm³/mol. The Morgan fingerprint density at radius 3 is 1.70 bits per heavy atom. The third-order valence-corrected chi connectivity index (χ3v) is 13.9.